The lowest BCUT2D eigenvalue weighted by atomic mass is 9.99. The van der Waals surface area contributed by atoms with E-state index in [2.05, 4.69) is 10.6 Å². The maximum absolute atomic E-state index is 11.9. The highest BCUT2D eigenvalue weighted by molar-refractivity contribution is 5.94. The lowest BCUT2D eigenvalue weighted by Gasteiger charge is -2.17. The minimum Gasteiger partial charge on any atom is -0.359 e. The molecule has 2 amide bonds. The molecule has 0 aromatic heterocycles. The van der Waals surface area contributed by atoms with Crippen molar-refractivity contribution < 1.29 is 9.59 Å². The number of carbonyl (C=O) groups excluding carboxylic acids is 2. The van der Waals surface area contributed by atoms with E-state index in [1.54, 1.807) is 19.2 Å². The molecule has 0 saturated carbocycles. The molecule has 0 radical (unpaired) electrons. The van der Waals surface area contributed by atoms with Crippen molar-refractivity contribution in [3.05, 3.63) is 29.8 Å². The summed E-state index contributed by atoms with van der Waals surface area (Å²) in [5, 5.41) is 5.36. The van der Waals surface area contributed by atoms with Crippen molar-refractivity contribution in [1.29, 1.82) is 0 Å². The first-order chi connectivity index (χ1) is 9.47. The molecule has 2 atom stereocenters. The van der Waals surface area contributed by atoms with Crippen LogP contribution in [0.15, 0.2) is 24.3 Å². The van der Waals surface area contributed by atoms with Gasteiger partial charge >= 0.3 is 0 Å². The van der Waals surface area contributed by atoms with E-state index in [1.165, 1.54) is 0 Å². The van der Waals surface area contributed by atoms with Gasteiger partial charge in [0.2, 0.25) is 11.8 Å². The number of nitrogens with one attached hydrogen (secondary N) is 2. The summed E-state index contributed by atoms with van der Waals surface area (Å²) in [4.78, 5) is 23.2. The second-order valence-corrected chi connectivity index (χ2v) is 4.95. The summed E-state index contributed by atoms with van der Waals surface area (Å²) in [6.45, 7) is 3.96. The van der Waals surface area contributed by atoms with Gasteiger partial charge in [-0.1, -0.05) is 32.4 Å². The third-order valence-corrected chi connectivity index (χ3v) is 3.42. The second kappa shape index (κ2) is 7.65. The van der Waals surface area contributed by atoms with E-state index in [0.29, 0.717) is 12.1 Å². The van der Waals surface area contributed by atoms with E-state index >= 15 is 0 Å². The van der Waals surface area contributed by atoms with E-state index in [0.717, 1.165) is 12.0 Å². The average molecular weight is 277 g/mol. The topological polar surface area (TPSA) is 84.2 Å². The van der Waals surface area contributed by atoms with E-state index in [-0.39, 0.29) is 17.7 Å². The number of hydrogen-bond acceptors (Lipinski definition) is 3. The molecular formula is C15H23N3O2. The summed E-state index contributed by atoms with van der Waals surface area (Å²) in [5.41, 5.74) is 7.45. The molecule has 0 aliphatic rings. The largest absolute Gasteiger partial charge is 0.359 e. The maximum atomic E-state index is 11.9. The van der Waals surface area contributed by atoms with Crippen molar-refractivity contribution in [3.8, 4) is 0 Å². The van der Waals surface area contributed by atoms with Crippen LogP contribution >= 0.6 is 0 Å². The molecule has 0 aliphatic carbocycles. The van der Waals surface area contributed by atoms with Crippen LogP contribution in [0, 0.1) is 5.92 Å². The molecule has 1 aromatic carbocycles. The van der Waals surface area contributed by atoms with Crippen molar-refractivity contribution in [2.75, 3.05) is 12.4 Å². The normalized spacial score (nSPS) is 13.4. The smallest absolute Gasteiger partial charge is 0.241 e. The van der Waals surface area contributed by atoms with Gasteiger partial charge in [-0.2, -0.15) is 0 Å². The lowest BCUT2D eigenvalue weighted by Crippen LogP contribution is -2.40. The number of carbonyl (C=O) groups is 2. The van der Waals surface area contributed by atoms with E-state index in [9.17, 15) is 9.59 Å². The molecule has 5 heteroatoms. The van der Waals surface area contributed by atoms with Crippen LogP contribution in [0.4, 0.5) is 5.69 Å². The van der Waals surface area contributed by atoms with Crippen molar-refractivity contribution in [3.63, 3.8) is 0 Å². The highest BCUT2D eigenvalue weighted by Gasteiger charge is 2.19. The first-order valence-corrected chi connectivity index (χ1v) is 6.83. The molecule has 0 aliphatic heterocycles. The van der Waals surface area contributed by atoms with Gasteiger partial charge in [0, 0.05) is 12.7 Å². The monoisotopic (exact) mass is 277 g/mol. The summed E-state index contributed by atoms with van der Waals surface area (Å²) in [5.74, 6) is -0.0819. The van der Waals surface area contributed by atoms with Crippen LogP contribution in [0.1, 0.15) is 25.8 Å². The van der Waals surface area contributed by atoms with Crippen molar-refractivity contribution in [1.82, 2.24) is 5.32 Å². The molecule has 4 N–H and O–H groups in total. The zero-order valence-corrected chi connectivity index (χ0v) is 12.3. The van der Waals surface area contributed by atoms with Crippen LogP contribution in [0.2, 0.25) is 0 Å². The Kier molecular flexibility index (Phi) is 6.18. The minimum absolute atomic E-state index is 0.0411. The van der Waals surface area contributed by atoms with Crippen LogP contribution in [-0.4, -0.2) is 24.9 Å². The zero-order chi connectivity index (χ0) is 15.1. The van der Waals surface area contributed by atoms with Crippen LogP contribution in [0.25, 0.3) is 0 Å². The number of benzene rings is 1. The summed E-state index contributed by atoms with van der Waals surface area (Å²) in [7, 11) is 1.60. The van der Waals surface area contributed by atoms with E-state index in [1.807, 2.05) is 26.0 Å². The third-order valence-electron chi connectivity index (χ3n) is 3.42. The molecule has 0 bridgehead atoms. The molecule has 20 heavy (non-hydrogen) atoms. The van der Waals surface area contributed by atoms with Crippen molar-refractivity contribution >= 4 is 17.5 Å². The van der Waals surface area contributed by atoms with Gasteiger partial charge in [-0.05, 0) is 23.6 Å². The fourth-order valence-corrected chi connectivity index (χ4v) is 1.72. The van der Waals surface area contributed by atoms with Gasteiger partial charge in [-0.3, -0.25) is 9.59 Å². The molecule has 1 rings (SSSR count). The zero-order valence-electron chi connectivity index (χ0n) is 12.3. The van der Waals surface area contributed by atoms with E-state index in [4.69, 9.17) is 5.73 Å². The Labute approximate surface area is 119 Å². The van der Waals surface area contributed by atoms with Crippen molar-refractivity contribution in [2.24, 2.45) is 11.7 Å². The Morgan fingerprint density at radius 3 is 2.35 bits per heavy atom. The molecule has 0 saturated heterocycles. The SMILES string of the molecule is CCC(C)C(N)C(=O)Nc1ccc(CC(=O)NC)cc1. The minimum atomic E-state index is -0.509. The summed E-state index contributed by atoms with van der Waals surface area (Å²) in [6.07, 6.45) is 1.19. The van der Waals surface area contributed by atoms with Gasteiger partial charge in [0.1, 0.15) is 0 Å². The van der Waals surface area contributed by atoms with Gasteiger partial charge in [0.05, 0.1) is 12.5 Å². The first kappa shape index (κ1) is 16.2. The molecule has 2 unspecified atom stereocenters. The first-order valence-electron chi connectivity index (χ1n) is 6.83. The molecule has 0 heterocycles. The summed E-state index contributed by atoms with van der Waals surface area (Å²) in [6, 6.07) is 6.68. The Morgan fingerprint density at radius 1 is 1.25 bits per heavy atom. The Bertz CT molecular complexity index is 457. The Balaban J connectivity index is 2.61. The van der Waals surface area contributed by atoms with E-state index < -0.39 is 6.04 Å². The van der Waals surface area contributed by atoms with Gasteiger partial charge in [0.25, 0.3) is 0 Å². The number of likely N-dealkylation sites (N-methyl/N-ethyl adjacent to an activating group) is 1. The van der Waals surface area contributed by atoms with Crippen LogP contribution in [0.3, 0.4) is 0 Å². The number of nitrogens with two attached hydrogens (primary N) is 1. The van der Waals surface area contributed by atoms with Gasteiger partial charge < -0.3 is 16.4 Å². The van der Waals surface area contributed by atoms with Gasteiger partial charge in [0.15, 0.2) is 0 Å². The van der Waals surface area contributed by atoms with Gasteiger partial charge in [-0.15, -0.1) is 0 Å². The summed E-state index contributed by atoms with van der Waals surface area (Å²) < 4.78 is 0. The van der Waals surface area contributed by atoms with Crippen molar-refractivity contribution in [2.45, 2.75) is 32.7 Å². The Morgan fingerprint density at radius 2 is 1.85 bits per heavy atom. The molecule has 5 nitrogen and oxygen atoms in total. The maximum Gasteiger partial charge on any atom is 0.241 e. The molecular weight excluding hydrogens is 254 g/mol. The van der Waals surface area contributed by atoms with Crippen LogP contribution < -0.4 is 16.4 Å². The molecule has 0 spiro atoms. The Hall–Kier alpha value is -1.88. The number of hydrogen-bond donors (Lipinski definition) is 3. The average Bonchev–Trinajstić information content (AvgIpc) is 2.47. The number of amides is 2. The second-order valence-electron chi connectivity index (χ2n) is 4.95. The molecule has 110 valence electrons. The predicted molar refractivity (Wildman–Crippen MR) is 80.3 cm³/mol. The molecule has 1 aromatic rings. The summed E-state index contributed by atoms with van der Waals surface area (Å²) >= 11 is 0. The van der Waals surface area contributed by atoms with Crippen LogP contribution in [-0.2, 0) is 16.0 Å². The number of rotatable bonds is 6. The fraction of sp³-hybridized carbons (Fsp3) is 0.467. The lowest BCUT2D eigenvalue weighted by molar-refractivity contribution is -0.120. The van der Waals surface area contributed by atoms with Gasteiger partial charge in [-0.25, -0.2) is 0 Å². The highest BCUT2D eigenvalue weighted by atomic mass is 16.2. The standard InChI is InChI=1S/C15H23N3O2/c1-4-10(2)14(16)15(20)18-12-7-5-11(6-8-12)9-13(19)17-3/h5-8,10,14H,4,9,16H2,1-3H3,(H,17,19)(H,18,20). The third kappa shape index (κ3) is 4.66. The molecule has 0 fully saturated rings. The quantitative estimate of drug-likeness (QED) is 0.732. The highest BCUT2D eigenvalue weighted by Crippen LogP contribution is 2.12. The fourth-order valence-electron chi connectivity index (χ4n) is 1.72. The van der Waals surface area contributed by atoms with Crippen LogP contribution in [0.5, 0.6) is 0 Å². The number of anilines is 1. The predicted octanol–water partition coefficient (Wildman–Crippen LogP) is 1.29.